The monoisotopic (exact) mass is 411 g/mol. The van der Waals surface area contributed by atoms with Crippen molar-refractivity contribution in [1.82, 2.24) is 0 Å². The number of halogens is 2. The number of hydrogen-bond donors (Lipinski definition) is 1. The van der Waals surface area contributed by atoms with Gasteiger partial charge in [-0.2, -0.15) is 0 Å². The van der Waals surface area contributed by atoms with Crippen molar-refractivity contribution in [2.24, 2.45) is 0 Å². The van der Waals surface area contributed by atoms with Crippen LogP contribution in [0.1, 0.15) is 11.1 Å². The van der Waals surface area contributed by atoms with Gasteiger partial charge in [0.25, 0.3) is 5.91 Å². The highest BCUT2D eigenvalue weighted by molar-refractivity contribution is 9.10. The highest BCUT2D eigenvalue weighted by Crippen LogP contribution is 2.37. The maximum atomic E-state index is 13.1. The van der Waals surface area contributed by atoms with E-state index in [1.54, 1.807) is 0 Å². The van der Waals surface area contributed by atoms with E-state index >= 15 is 0 Å². The molecule has 0 radical (unpaired) electrons. The summed E-state index contributed by atoms with van der Waals surface area (Å²) in [6.07, 6.45) is 0.869. The van der Waals surface area contributed by atoms with Crippen LogP contribution < -0.4 is 10.1 Å². The molecule has 3 aromatic carbocycles. The standard InChI is InChI=1S/C21H15BrFNO2/c22-19-11-15(23)5-8-20(19)26-12-21(25)24-16-6-7-18-14(10-16)9-13-3-1-2-4-17(13)18/h1-8,10-11H,9,12H2,(H,24,25). The summed E-state index contributed by atoms with van der Waals surface area (Å²) in [6, 6.07) is 18.3. The van der Waals surface area contributed by atoms with E-state index in [1.165, 1.54) is 40.5 Å². The predicted octanol–water partition coefficient (Wildman–Crippen LogP) is 5.18. The molecule has 1 aliphatic rings. The molecule has 0 fully saturated rings. The van der Waals surface area contributed by atoms with E-state index in [1.807, 2.05) is 30.3 Å². The zero-order chi connectivity index (χ0) is 18.1. The maximum Gasteiger partial charge on any atom is 0.262 e. The van der Waals surface area contributed by atoms with Crippen molar-refractivity contribution in [3.8, 4) is 16.9 Å². The molecule has 0 aromatic heterocycles. The average molecular weight is 412 g/mol. The largest absolute Gasteiger partial charge is 0.483 e. The van der Waals surface area contributed by atoms with Crippen LogP contribution in [0.5, 0.6) is 5.75 Å². The zero-order valence-electron chi connectivity index (χ0n) is 13.8. The fourth-order valence-electron chi connectivity index (χ4n) is 3.16. The molecule has 0 heterocycles. The van der Waals surface area contributed by atoms with Crippen LogP contribution >= 0.6 is 15.9 Å². The van der Waals surface area contributed by atoms with Crippen LogP contribution in [0.25, 0.3) is 11.1 Å². The normalized spacial score (nSPS) is 11.6. The number of rotatable bonds is 4. The van der Waals surface area contributed by atoms with E-state index < -0.39 is 0 Å². The molecular formula is C21H15BrFNO2. The molecular weight excluding hydrogens is 397 g/mol. The van der Waals surface area contributed by atoms with Crippen molar-refractivity contribution in [1.29, 1.82) is 0 Å². The van der Waals surface area contributed by atoms with Gasteiger partial charge >= 0.3 is 0 Å². The lowest BCUT2D eigenvalue weighted by Gasteiger charge is -2.10. The van der Waals surface area contributed by atoms with E-state index in [4.69, 9.17) is 4.74 Å². The fourth-order valence-corrected chi connectivity index (χ4v) is 3.62. The van der Waals surface area contributed by atoms with Crippen LogP contribution in [0, 0.1) is 5.82 Å². The van der Waals surface area contributed by atoms with Crippen molar-refractivity contribution in [2.75, 3.05) is 11.9 Å². The molecule has 4 rings (SSSR count). The summed E-state index contributed by atoms with van der Waals surface area (Å²) in [6.45, 7) is -0.151. The lowest BCUT2D eigenvalue weighted by Crippen LogP contribution is -2.20. The highest BCUT2D eigenvalue weighted by Gasteiger charge is 2.18. The van der Waals surface area contributed by atoms with Crippen molar-refractivity contribution in [2.45, 2.75) is 6.42 Å². The Morgan fingerprint density at radius 1 is 1.04 bits per heavy atom. The van der Waals surface area contributed by atoms with Crippen LogP contribution in [-0.4, -0.2) is 12.5 Å². The van der Waals surface area contributed by atoms with Gasteiger partial charge in [-0.1, -0.05) is 30.3 Å². The zero-order valence-corrected chi connectivity index (χ0v) is 15.3. The second-order valence-corrected chi connectivity index (χ2v) is 6.97. The van der Waals surface area contributed by atoms with Crippen LogP contribution in [0.15, 0.2) is 65.1 Å². The Morgan fingerprint density at radius 3 is 2.69 bits per heavy atom. The lowest BCUT2D eigenvalue weighted by molar-refractivity contribution is -0.118. The topological polar surface area (TPSA) is 38.3 Å². The average Bonchev–Trinajstić information content (AvgIpc) is 2.98. The summed E-state index contributed by atoms with van der Waals surface area (Å²) in [4.78, 5) is 12.2. The van der Waals surface area contributed by atoms with Gasteiger partial charge in [-0.05, 0) is 74.9 Å². The van der Waals surface area contributed by atoms with Gasteiger partial charge in [-0.15, -0.1) is 0 Å². The molecule has 0 saturated heterocycles. The molecule has 5 heteroatoms. The van der Waals surface area contributed by atoms with Gasteiger partial charge < -0.3 is 10.1 Å². The van der Waals surface area contributed by atoms with Crippen LogP contribution in [0.2, 0.25) is 0 Å². The lowest BCUT2D eigenvalue weighted by atomic mass is 10.1. The maximum absolute atomic E-state index is 13.1. The number of amides is 1. The number of fused-ring (bicyclic) bond motifs is 3. The van der Waals surface area contributed by atoms with Crippen LogP contribution in [-0.2, 0) is 11.2 Å². The Kier molecular flexibility index (Phi) is 4.47. The van der Waals surface area contributed by atoms with E-state index in [0.29, 0.717) is 10.2 Å². The SMILES string of the molecule is O=C(COc1ccc(F)cc1Br)Nc1ccc2c(c1)Cc1ccccc1-2. The Hall–Kier alpha value is -2.66. The number of carbonyl (C=O) groups is 1. The molecule has 26 heavy (non-hydrogen) atoms. The Bertz CT molecular complexity index is 1000. The molecule has 3 nitrogen and oxygen atoms in total. The van der Waals surface area contributed by atoms with Gasteiger partial charge in [0.1, 0.15) is 11.6 Å². The number of nitrogens with one attached hydrogen (secondary N) is 1. The molecule has 3 aromatic rings. The molecule has 130 valence electrons. The van der Waals surface area contributed by atoms with Crippen molar-refractivity contribution in [3.05, 3.63) is 82.1 Å². The molecule has 0 atom stereocenters. The van der Waals surface area contributed by atoms with Crippen molar-refractivity contribution in [3.63, 3.8) is 0 Å². The van der Waals surface area contributed by atoms with E-state index in [0.717, 1.165) is 12.1 Å². The fraction of sp³-hybridized carbons (Fsp3) is 0.0952. The summed E-state index contributed by atoms with van der Waals surface area (Å²) in [5.41, 5.74) is 5.71. The van der Waals surface area contributed by atoms with Crippen molar-refractivity contribution >= 4 is 27.5 Å². The third-order valence-electron chi connectivity index (χ3n) is 4.33. The number of anilines is 1. The Balaban J connectivity index is 1.42. The summed E-state index contributed by atoms with van der Waals surface area (Å²) < 4.78 is 19.0. The molecule has 0 aliphatic heterocycles. The molecule has 0 spiro atoms. The minimum Gasteiger partial charge on any atom is -0.483 e. The molecule has 1 N–H and O–H groups in total. The van der Waals surface area contributed by atoms with Crippen molar-refractivity contribution < 1.29 is 13.9 Å². The Morgan fingerprint density at radius 2 is 1.85 bits per heavy atom. The van der Waals surface area contributed by atoms with Crippen LogP contribution in [0.3, 0.4) is 0 Å². The van der Waals surface area contributed by atoms with Gasteiger partial charge in [0.15, 0.2) is 6.61 Å². The van der Waals surface area contributed by atoms with Gasteiger partial charge in [-0.3, -0.25) is 4.79 Å². The second kappa shape index (κ2) is 6.92. The first-order chi connectivity index (χ1) is 12.6. The van der Waals surface area contributed by atoms with Gasteiger partial charge in [-0.25, -0.2) is 4.39 Å². The first-order valence-corrected chi connectivity index (χ1v) is 8.98. The molecule has 0 bridgehead atoms. The Labute approximate surface area is 158 Å². The number of carbonyl (C=O) groups excluding carboxylic acids is 1. The highest BCUT2D eigenvalue weighted by atomic mass is 79.9. The van der Waals surface area contributed by atoms with E-state index in [-0.39, 0.29) is 18.3 Å². The summed E-state index contributed by atoms with van der Waals surface area (Å²) in [5, 5.41) is 2.85. The number of ether oxygens (including phenoxy) is 1. The summed E-state index contributed by atoms with van der Waals surface area (Å²) in [7, 11) is 0. The third-order valence-corrected chi connectivity index (χ3v) is 4.95. The number of hydrogen-bond acceptors (Lipinski definition) is 2. The quantitative estimate of drug-likeness (QED) is 0.502. The summed E-state index contributed by atoms with van der Waals surface area (Å²) >= 11 is 3.22. The van der Waals surface area contributed by atoms with Gasteiger partial charge in [0.2, 0.25) is 0 Å². The molecule has 1 aliphatic carbocycles. The second-order valence-electron chi connectivity index (χ2n) is 6.12. The van der Waals surface area contributed by atoms with Crippen LogP contribution in [0.4, 0.5) is 10.1 Å². The predicted molar refractivity (Wildman–Crippen MR) is 103 cm³/mol. The minimum atomic E-state index is -0.368. The summed E-state index contributed by atoms with van der Waals surface area (Å²) in [5.74, 6) is -0.213. The number of benzene rings is 3. The third kappa shape index (κ3) is 3.35. The first-order valence-electron chi connectivity index (χ1n) is 8.19. The minimum absolute atomic E-state index is 0.151. The van der Waals surface area contributed by atoms with Gasteiger partial charge in [0.05, 0.1) is 4.47 Å². The van der Waals surface area contributed by atoms with E-state index in [9.17, 15) is 9.18 Å². The first kappa shape index (κ1) is 16.8. The molecule has 1 amide bonds. The molecule has 0 saturated carbocycles. The van der Waals surface area contributed by atoms with E-state index in [2.05, 4.69) is 33.4 Å². The molecule has 0 unspecified atom stereocenters. The van der Waals surface area contributed by atoms with Gasteiger partial charge in [0, 0.05) is 5.69 Å². The smallest absolute Gasteiger partial charge is 0.262 e.